The number of rotatable bonds is 8. The van der Waals surface area contributed by atoms with Crippen molar-refractivity contribution in [2.24, 2.45) is 0 Å². The van der Waals surface area contributed by atoms with Gasteiger partial charge in [-0.3, -0.25) is 4.79 Å². The average molecular weight is 374 g/mol. The van der Waals surface area contributed by atoms with E-state index in [1.807, 2.05) is 19.9 Å². The lowest BCUT2D eigenvalue weighted by Gasteiger charge is -2.20. The molecule has 0 spiro atoms. The van der Waals surface area contributed by atoms with Gasteiger partial charge in [0.25, 0.3) is 5.91 Å². The van der Waals surface area contributed by atoms with Gasteiger partial charge in [-0.25, -0.2) is 9.59 Å². The van der Waals surface area contributed by atoms with Crippen molar-refractivity contribution in [1.82, 2.24) is 15.5 Å². The Bertz CT molecular complexity index is 695. The van der Waals surface area contributed by atoms with Crippen molar-refractivity contribution in [2.75, 3.05) is 13.6 Å². The summed E-state index contributed by atoms with van der Waals surface area (Å²) >= 11 is 0. The van der Waals surface area contributed by atoms with Crippen molar-refractivity contribution >= 4 is 17.9 Å². The molecule has 0 aliphatic carbocycles. The van der Waals surface area contributed by atoms with Crippen LogP contribution in [0.3, 0.4) is 0 Å². The van der Waals surface area contributed by atoms with Crippen molar-refractivity contribution in [3.05, 3.63) is 35.4 Å². The van der Waals surface area contributed by atoms with Gasteiger partial charge >= 0.3 is 12.0 Å². The zero-order chi connectivity index (χ0) is 20.4. The van der Waals surface area contributed by atoms with Gasteiger partial charge in [0.15, 0.2) is 6.10 Å². The molecule has 0 saturated carbocycles. The topological polar surface area (TPSA) is 112 Å². The van der Waals surface area contributed by atoms with Crippen LogP contribution < -0.4 is 10.6 Å². The molecule has 0 aromatic heterocycles. The molecule has 1 atom stereocenters. The number of carbonyl (C=O) groups is 3. The number of nitrogens with zero attached hydrogens (tertiary/aromatic N) is 2. The standard InChI is InChI=1S/C19H26N4O4/c1-13(2)22-19(26)21-12-15-6-8-16(9-7-15)18(25)27-14(3)17(24)23(4)11-5-10-20/h6-9,13-14H,5,11-12H2,1-4H3,(H2,21,22,26)/t14-/m1/s1. The number of urea groups is 1. The van der Waals surface area contributed by atoms with E-state index in [0.29, 0.717) is 12.1 Å². The minimum atomic E-state index is -0.942. The molecule has 0 fully saturated rings. The van der Waals surface area contributed by atoms with Crippen molar-refractivity contribution in [1.29, 1.82) is 5.26 Å². The summed E-state index contributed by atoms with van der Waals surface area (Å²) in [6.45, 7) is 5.84. The number of benzene rings is 1. The normalized spacial score (nSPS) is 11.3. The van der Waals surface area contributed by atoms with Crippen LogP contribution >= 0.6 is 0 Å². The van der Waals surface area contributed by atoms with Crippen LogP contribution in [0.2, 0.25) is 0 Å². The molecule has 3 amide bonds. The van der Waals surface area contributed by atoms with Gasteiger partial charge in [0.05, 0.1) is 18.1 Å². The number of nitriles is 1. The molecule has 0 aliphatic rings. The predicted octanol–water partition coefficient (Wildman–Crippen LogP) is 1.81. The molecule has 1 aromatic carbocycles. The molecule has 1 rings (SSSR count). The van der Waals surface area contributed by atoms with E-state index in [-0.39, 0.29) is 30.9 Å². The second-order valence-corrected chi connectivity index (χ2v) is 6.39. The molecule has 0 saturated heterocycles. The van der Waals surface area contributed by atoms with Crippen molar-refractivity contribution in [3.8, 4) is 6.07 Å². The number of hydrogen-bond donors (Lipinski definition) is 2. The fourth-order valence-electron chi connectivity index (χ4n) is 2.17. The summed E-state index contributed by atoms with van der Waals surface area (Å²) in [4.78, 5) is 37.2. The Labute approximate surface area is 159 Å². The third-order valence-corrected chi connectivity index (χ3v) is 3.63. The highest BCUT2D eigenvalue weighted by Gasteiger charge is 2.22. The maximum absolute atomic E-state index is 12.2. The summed E-state index contributed by atoms with van der Waals surface area (Å²) in [7, 11) is 1.56. The van der Waals surface area contributed by atoms with E-state index in [0.717, 1.165) is 5.56 Å². The van der Waals surface area contributed by atoms with Crippen LogP contribution in [0.25, 0.3) is 0 Å². The fourth-order valence-corrected chi connectivity index (χ4v) is 2.17. The van der Waals surface area contributed by atoms with Gasteiger partial charge in [0, 0.05) is 26.2 Å². The van der Waals surface area contributed by atoms with Crippen molar-refractivity contribution in [2.45, 2.75) is 45.9 Å². The van der Waals surface area contributed by atoms with Crippen LogP contribution in [0.5, 0.6) is 0 Å². The van der Waals surface area contributed by atoms with Gasteiger partial charge in [-0.1, -0.05) is 12.1 Å². The minimum Gasteiger partial charge on any atom is -0.449 e. The van der Waals surface area contributed by atoms with Crippen molar-refractivity contribution in [3.63, 3.8) is 0 Å². The summed E-state index contributed by atoms with van der Waals surface area (Å²) in [6.07, 6.45) is -0.726. The molecule has 0 unspecified atom stereocenters. The highest BCUT2D eigenvalue weighted by Crippen LogP contribution is 2.09. The van der Waals surface area contributed by atoms with E-state index in [2.05, 4.69) is 10.6 Å². The number of carbonyl (C=O) groups excluding carboxylic acids is 3. The monoisotopic (exact) mass is 374 g/mol. The smallest absolute Gasteiger partial charge is 0.338 e. The SMILES string of the molecule is CC(C)NC(=O)NCc1ccc(C(=O)O[C@H](C)C(=O)N(C)CCC#N)cc1. The average Bonchev–Trinajstić information content (AvgIpc) is 2.63. The molecular formula is C19H26N4O4. The quantitative estimate of drug-likeness (QED) is 0.674. The molecule has 0 bridgehead atoms. The molecule has 2 N–H and O–H groups in total. The maximum atomic E-state index is 12.2. The lowest BCUT2D eigenvalue weighted by atomic mass is 10.1. The van der Waals surface area contributed by atoms with Crippen LogP contribution in [-0.4, -0.2) is 48.5 Å². The Hall–Kier alpha value is -3.08. The Morgan fingerprint density at radius 3 is 2.37 bits per heavy atom. The minimum absolute atomic E-state index is 0.0470. The summed E-state index contributed by atoms with van der Waals surface area (Å²) in [5.74, 6) is -0.975. The lowest BCUT2D eigenvalue weighted by molar-refractivity contribution is -0.138. The number of ether oxygens (including phenoxy) is 1. The van der Waals surface area contributed by atoms with Gasteiger partial charge in [-0.2, -0.15) is 5.26 Å². The second-order valence-electron chi connectivity index (χ2n) is 6.39. The highest BCUT2D eigenvalue weighted by atomic mass is 16.5. The first-order valence-corrected chi connectivity index (χ1v) is 8.70. The fraction of sp³-hybridized carbons (Fsp3) is 0.474. The van der Waals surface area contributed by atoms with Crippen LogP contribution in [0.15, 0.2) is 24.3 Å². The molecule has 27 heavy (non-hydrogen) atoms. The Morgan fingerprint density at radius 1 is 1.19 bits per heavy atom. The third-order valence-electron chi connectivity index (χ3n) is 3.63. The number of nitrogens with one attached hydrogen (secondary N) is 2. The summed E-state index contributed by atoms with van der Waals surface area (Å²) in [5, 5.41) is 14.0. The largest absolute Gasteiger partial charge is 0.449 e. The third kappa shape index (κ3) is 7.77. The molecule has 8 nitrogen and oxygen atoms in total. The molecule has 0 heterocycles. The van der Waals surface area contributed by atoms with E-state index in [1.54, 1.807) is 31.3 Å². The van der Waals surface area contributed by atoms with Crippen molar-refractivity contribution < 1.29 is 19.1 Å². The number of likely N-dealkylation sites (N-methyl/N-ethyl adjacent to an activating group) is 1. The first kappa shape index (κ1) is 22.0. The number of hydrogen-bond acceptors (Lipinski definition) is 5. The predicted molar refractivity (Wildman–Crippen MR) is 99.7 cm³/mol. The van der Waals surface area contributed by atoms with E-state index in [1.165, 1.54) is 11.8 Å². The van der Waals surface area contributed by atoms with Crippen LogP contribution in [0.4, 0.5) is 4.79 Å². The summed E-state index contributed by atoms with van der Waals surface area (Å²) in [5.41, 5.74) is 1.13. The molecule has 146 valence electrons. The number of amides is 3. The van der Waals surface area contributed by atoms with Gasteiger partial charge in [-0.05, 0) is 38.5 Å². The molecule has 8 heteroatoms. The maximum Gasteiger partial charge on any atom is 0.338 e. The first-order valence-electron chi connectivity index (χ1n) is 8.70. The van der Waals surface area contributed by atoms with Crippen LogP contribution in [-0.2, 0) is 16.1 Å². The molecule has 0 aliphatic heterocycles. The second kappa shape index (κ2) is 10.8. The number of esters is 1. The summed E-state index contributed by atoms with van der Waals surface area (Å²) < 4.78 is 5.19. The summed E-state index contributed by atoms with van der Waals surface area (Å²) in [6, 6.07) is 8.31. The zero-order valence-corrected chi connectivity index (χ0v) is 16.1. The van der Waals surface area contributed by atoms with Gasteiger partial charge in [0.2, 0.25) is 0 Å². The van der Waals surface area contributed by atoms with Crippen LogP contribution in [0.1, 0.15) is 43.1 Å². The van der Waals surface area contributed by atoms with Gasteiger partial charge in [0.1, 0.15) is 0 Å². The first-order chi connectivity index (χ1) is 12.7. The van der Waals surface area contributed by atoms with Gasteiger partial charge < -0.3 is 20.3 Å². The molecule has 0 radical (unpaired) electrons. The highest BCUT2D eigenvalue weighted by molar-refractivity contribution is 5.92. The molecule has 1 aromatic rings. The lowest BCUT2D eigenvalue weighted by Crippen LogP contribution is -2.39. The van der Waals surface area contributed by atoms with Gasteiger partial charge in [-0.15, -0.1) is 0 Å². The molecular weight excluding hydrogens is 348 g/mol. The Morgan fingerprint density at radius 2 is 1.81 bits per heavy atom. The van der Waals surface area contributed by atoms with E-state index in [4.69, 9.17) is 10.00 Å². The Balaban J connectivity index is 2.55. The van der Waals surface area contributed by atoms with E-state index >= 15 is 0 Å². The van der Waals surface area contributed by atoms with E-state index in [9.17, 15) is 14.4 Å². The van der Waals surface area contributed by atoms with Crippen LogP contribution in [0, 0.1) is 11.3 Å². The Kier molecular flexibility index (Phi) is 8.79. The van der Waals surface area contributed by atoms with E-state index < -0.39 is 12.1 Å². The zero-order valence-electron chi connectivity index (χ0n) is 16.1.